The molecule has 0 aliphatic carbocycles. The first-order chi connectivity index (χ1) is 17.4. The van der Waals surface area contributed by atoms with Gasteiger partial charge in [-0.25, -0.2) is 4.79 Å². The number of unbranched alkanes of at least 4 members (excludes halogenated alkanes) is 11. The Bertz CT molecular complexity index is 841. The summed E-state index contributed by atoms with van der Waals surface area (Å²) in [7, 11) is 0. The molecule has 8 heteroatoms. The number of anilines is 1. The van der Waals surface area contributed by atoms with Crippen LogP contribution in [0.5, 0.6) is 0 Å². The number of aromatic nitrogens is 2. The number of allylic oxidation sites excluding steroid dienone is 2. The van der Waals surface area contributed by atoms with Gasteiger partial charge in [-0.05, 0) is 38.2 Å². The first kappa shape index (κ1) is 30.0. The lowest BCUT2D eigenvalue weighted by molar-refractivity contribution is -0.150. The largest absolute Gasteiger partial charge is 0.463 e. The zero-order valence-corrected chi connectivity index (χ0v) is 22.3. The van der Waals surface area contributed by atoms with E-state index in [0.29, 0.717) is 6.42 Å². The number of nitrogen functional groups attached to an aromatic ring is 1. The summed E-state index contributed by atoms with van der Waals surface area (Å²) in [6.45, 7) is 4.00. The molecule has 0 saturated carbocycles. The maximum absolute atomic E-state index is 12.1. The van der Waals surface area contributed by atoms with Gasteiger partial charge >= 0.3 is 11.7 Å². The Hall–Kier alpha value is -2.19. The Labute approximate surface area is 216 Å². The number of aliphatic hydroxyl groups excluding tert-OH is 1. The highest BCUT2D eigenvalue weighted by Gasteiger charge is 2.42. The van der Waals surface area contributed by atoms with E-state index in [1.54, 1.807) is 6.92 Å². The molecule has 3 unspecified atom stereocenters. The van der Waals surface area contributed by atoms with Crippen LogP contribution >= 0.6 is 0 Å². The zero-order valence-electron chi connectivity index (χ0n) is 22.3. The number of ether oxygens (including phenoxy) is 2. The van der Waals surface area contributed by atoms with Gasteiger partial charge in [0.25, 0.3) is 0 Å². The molecule has 0 radical (unpaired) electrons. The third-order valence-electron chi connectivity index (χ3n) is 6.86. The molecule has 1 aliphatic rings. The topological polar surface area (TPSA) is 117 Å². The minimum absolute atomic E-state index is 0.0386. The number of rotatable bonds is 18. The molecule has 1 aromatic rings. The number of carbonyl (C=O) groups excluding carboxylic acids is 1. The summed E-state index contributed by atoms with van der Waals surface area (Å²) in [5.41, 5.74) is 5.00. The minimum atomic E-state index is -0.855. The average Bonchev–Trinajstić information content (AvgIpc) is 3.13. The van der Waals surface area contributed by atoms with Gasteiger partial charge in [-0.1, -0.05) is 77.4 Å². The van der Waals surface area contributed by atoms with Crippen molar-refractivity contribution in [3.8, 4) is 0 Å². The van der Waals surface area contributed by atoms with E-state index in [1.165, 1.54) is 74.6 Å². The molecule has 1 saturated heterocycles. The summed E-state index contributed by atoms with van der Waals surface area (Å²) in [5.74, 6) is -0.517. The Kier molecular flexibility index (Phi) is 14.4. The number of nitrogens with zero attached hydrogens (tertiary/aromatic N) is 2. The van der Waals surface area contributed by atoms with Gasteiger partial charge in [-0.3, -0.25) is 9.36 Å². The number of aliphatic hydroxyl groups is 1. The molecule has 36 heavy (non-hydrogen) atoms. The molecule has 0 aromatic carbocycles. The van der Waals surface area contributed by atoms with Crippen molar-refractivity contribution in [3.63, 3.8) is 0 Å². The van der Waals surface area contributed by atoms with Crippen molar-refractivity contribution >= 4 is 11.8 Å². The molecular formula is C28H47N3O5. The molecule has 0 bridgehead atoms. The second-order valence-electron chi connectivity index (χ2n) is 9.97. The summed E-state index contributed by atoms with van der Waals surface area (Å²) in [5, 5.41) is 10.5. The van der Waals surface area contributed by atoms with Crippen LogP contribution in [0.3, 0.4) is 0 Å². The van der Waals surface area contributed by atoms with E-state index < -0.39 is 24.1 Å². The summed E-state index contributed by atoms with van der Waals surface area (Å²) in [6, 6.07) is 1.51. The van der Waals surface area contributed by atoms with Gasteiger partial charge in [0, 0.05) is 18.5 Å². The second kappa shape index (κ2) is 17.3. The van der Waals surface area contributed by atoms with E-state index in [4.69, 9.17) is 15.2 Å². The van der Waals surface area contributed by atoms with Crippen LogP contribution < -0.4 is 11.4 Å². The van der Waals surface area contributed by atoms with Gasteiger partial charge in [0.15, 0.2) is 0 Å². The molecule has 204 valence electrons. The molecule has 0 amide bonds. The van der Waals surface area contributed by atoms with E-state index >= 15 is 0 Å². The van der Waals surface area contributed by atoms with E-state index in [-0.39, 0.29) is 24.3 Å². The lowest BCUT2D eigenvalue weighted by Crippen LogP contribution is -2.31. The summed E-state index contributed by atoms with van der Waals surface area (Å²) >= 11 is 0. The van der Waals surface area contributed by atoms with Crippen molar-refractivity contribution in [1.29, 1.82) is 0 Å². The SMILES string of the molecule is CCCCCCCC/C=C/CCCCCCCC(=O)OC[C@H]1OC(n2ccc(N)nc2=O)C(C)C1O. The summed E-state index contributed by atoms with van der Waals surface area (Å²) in [4.78, 5) is 27.9. The van der Waals surface area contributed by atoms with Gasteiger partial charge in [-0.15, -0.1) is 0 Å². The quantitative estimate of drug-likeness (QED) is 0.158. The lowest BCUT2D eigenvalue weighted by atomic mass is 10.0. The Morgan fingerprint density at radius 2 is 1.69 bits per heavy atom. The van der Waals surface area contributed by atoms with Crippen molar-refractivity contribution in [3.05, 3.63) is 34.9 Å². The van der Waals surface area contributed by atoms with Crippen LogP contribution in [0.2, 0.25) is 0 Å². The van der Waals surface area contributed by atoms with Gasteiger partial charge in [0.2, 0.25) is 0 Å². The highest BCUT2D eigenvalue weighted by molar-refractivity contribution is 5.69. The summed E-state index contributed by atoms with van der Waals surface area (Å²) < 4.78 is 12.5. The van der Waals surface area contributed by atoms with E-state index in [2.05, 4.69) is 24.1 Å². The van der Waals surface area contributed by atoms with Crippen LogP contribution in [-0.4, -0.2) is 39.4 Å². The highest BCUT2D eigenvalue weighted by atomic mass is 16.6. The Balaban J connectivity index is 1.50. The van der Waals surface area contributed by atoms with Gasteiger partial charge in [-0.2, -0.15) is 4.98 Å². The second-order valence-corrected chi connectivity index (χ2v) is 9.97. The van der Waals surface area contributed by atoms with Crippen molar-refractivity contribution in [2.75, 3.05) is 12.3 Å². The number of hydrogen-bond acceptors (Lipinski definition) is 7. The van der Waals surface area contributed by atoms with Crippen LogP contribution in [0, 0.1) is 5.92 Å². The van der Waals surface area contributed by atoms with Gasteiger partial charge < -0.3 is 20.3 Å². The number of esters is 1. The third kappa shape index (κ3) is 10.8. The fourth-order valence-electron chi connectivity index (χ4n) is 4.55. The van der Waals surface area contributed by atoms with E-state index in [1.807, 2.05) is 0 Å². The Morgan fingerprint density at radius 3 is 2.33 bits per heavy atom. The molecule has 8 nitrogen and oxygen atoms in total. The van der Waals surface area contributed by atoms with Crippen molar-refractivity contribution in [2.45, 2.75) is 122 Å². The molecule has 3 N–H and O–H groups in total. The van der Waals surface area contributed by atoms with Crippen LogP contribution in [0.25, 0.3) is 0 Å². The van der Waals surface area contributed by atoms with E-state index in [0.717, 1.165) is 25.7 Å². The molecule has 1 aliphatic heterocycles. The number of nitrogens with two attached hydrogens (primary N) is 1. The zero-order chi connectivity index (χ0) is 26.2. The van der Waals surface area contributed by atoms with Crippen LogP contribution in [0.1, 0.15) is 110 Å². The van der Waals surface area contributed by atoms with E-state index in [9.17, 15) is 14.7 Å². The predicted molar refractivity (Wildman–Crippen MR) is 142 cm³/mol. The molecule has 1 aromatic heterocycles. The fraction of sp³-hybridized carbons (Fsp3) is 0.750. The first-order valence-electron chi connectivity index (χ1n) is 13.9. The Morgan fingerprint density at radius 1 is 1.08 bits per heavy atom. The third-order valence-corrected chi connectivity index (χ3v) is 6.86. The maximum Gasteiger partial charge on any atom is 0.351 e. The molecule has 0 spiro atoms. The van der Waals surface area contributed by atoms with Crippen LogP contribution in [0.4, 0.5) is 5.82 Å². The smallest absolute Gasteiger partial charge is 0.351 e. The monoisotopic (exact) mass is 505 g/mol. The van der Waals surface area contributed by atoms with Gasteiger partial charge in [0.1, 0.15) is 24.8 Å². The van der Waals surface area contributed by atoms with Gasteiger partial charge in [0.05, 0.1) is 6.10 Å². The standard InChI is InChI=1S/C28H47N3O5/c1-3-4-5-6-7-8-9-10-11-12-13-14-15-16-17-18-25(32)35-21-23-26(33)22(2)27(36-23)31-20-19-24(29)30-28(31)34/h10-11,19-20,22-23,26-27,33H,3-9,12-18,21H2,1-2H3,(H2,29,30,34)/b11-10+/t22?,23-,26?,27?/m1/s1. The first-order valence-corrected chi connectivity index (χ1v) is 13.9. The van der Waals surface area contributed by atoms with Crippen LogP contribution in [0.15, 0.2) is 29.2 Å². The maximum atomic E-state index is 12.1. The average molecular weight is 506 g/mol. The molecule has 1 fully saturated rings. The fourth-order valence-corrected chi connectivity index (χ4v) is 4.55. The lowest BCUT2D eigenvalue weighted by Gasteiger charge is -2.17. The summed E-state index contributed by atoms with van der Waals surface area (Å²) in [6.07, 6.45) is 20.0. The molecular weight excluding hydrogens is 458 g/mol. The van der Waals surface area contributed by atoms with Crippen molar-refractivity contribution in [1.82, 2.24) is 9.55 Å². The molecule has 4 atom stereocenters. The van der Waals surface area contributed by atoms with Crippen molar-refractivity contribution < 1.29 is 19.4 Å². The highest BCUT2D eigenvalue weighted by Crippen LogP contribution is 2.33. The van der Waals surface area contributed by atoms with Crippen LogP contribution in [-0.2, 0) is 14.3 Å². The predicted octanol–water partition coefficient (Wildman–Crippen LogP) is 5.30. The van der Waals surface area contributed by atoms with Crippen molar-refractivity contribution in [2.24, 2.45) is 5.92 Å². The normalized spacial score (nSPS) is 21.9. The number of hydrogen-bond donors (Lipinski definition) is 2. The minimum Gasteiger partial charge on any atom is -0.463 e. The molecule has 2 heterocycles. The molecule has 2 rings (SSSR count). The number of carbonyl (C=O) groups is 1.